The third kappa shape index (κ3) is 6.11. The molecule has 7 nitrogen and oxygen atoms in total. The second-order valence-corrected chi connectivity index (χ2v) is 8.68. The fourth-order valence-electron chi connectivity index (χ4n) is 4.36. The van der Waals surface area contributed by atoms with Gasteiger partial charge in [-0.3, -0.25) is 9.69 Å². The summed E-state index contributed by atoms with van der Waals surface area (Å²) in [5, 5.41) is 5.97. The normalized spacial score (nSPS) is 22.6. The van der Waals surface area contributed by atoms with E-state index in [-0.39, 0.29) is 18.0 Å². The minimum Gasteiger partial charge on any atom is -0.497 e. The fraction of sp³-hybridized carbons (Fsp3) is 0.652. The van der Waals surface area contributed by atoms with Crippen LogP contribution in [0.4, 0.5) is 4.79 Å². The molecule has 1 aliphatic carbocycles. The number of urea groups is 1. The number of methoxy groups -OCH3 is 1. The van der Waals surface area contributed by atoms with Gasteiger partial charge in [0.2, 0.25) is 5.91 Å². The molecule has 1 saturated carbocycles. The number of ether oxygens (including phenoxy) is 1. The maximum Gasteiger partial charge on any atom is 0.315 e. The largest absolute Gasteiger partial charge is 0.497 e. The van der Waals surface area contributed by atoms with E-state index in [1.165, 1.54) is 0 Å². The highest BCUT2D eigenvalue weighted by atomic mass is 16.5. The molecule has 0 bridgehead atoms. The highest BCUT2D eigenvalue weighted by molar-refractivity contribution is 5.79. The summed E-state index contributed by atoms with van der Waals surface area (Å²) < 4.78 is 5.14. The Morgan fingerprint density at radius 1 is 1.03 bits per heavy atom. The standard InChI is InChI=1S/C23H36N4O3/c1-17(2)26-12-14-27(15-13-26)22(28)19-6-8-20(9-7-19)25-23(29)24-16-18-4-10-21(30-3)11-5-18/h4-5,10-11,17,19-20H,6-9,12-16H2,1-3H3,(H2,24,25,29). The van der Waals surface area contributed by atoms with Crippen molar-refractivity contribution in [3.8, 4) is 5.75 Å². The number of nitrogens with one attached hydrogen (secondary N) is 2. The first-order valence-electron chi connectivity index (χ1n) is 11.2. The number of hydrogen-bond donors (Lipinski definition) is 2. The number of amides is 3. The Balaban J connectivity index is 1.35. The first kappa shape index (κ1) is 22.4. The molecule has 166 valence electrons. The van der Waals surface area contributed by atoms with E-state index in [1.807, 2.05) is 29.2 Å². The van der Waals surface area contributed by atoms with Crippen molar-refractivity contribution in [2.24, 2.45) is 5.92 Å². The number of piperazine rings is 1. The van der Waals surface area contributed by atoms with Gasteiger partial charge in [0.1, 0.15) is 5.75 Å². The Labute approximate surface area is 180 Å². The first-order valence-corrected chi connectivity index (χ1v) is 11.2. The molecular weight excluding hydrogens is 380 g/mol. The molecule has 0 atom stereocenters. The van der Waals surface area contributed by atoms with E-state index >= 15 is 0 Å². The van der Waals surface area contributed by atoms with Gasteiger partial charge in [-0.1, -0.05) is 12.1 Å². The minimum absolute atomic E-state index is 0.107. The van der Waals surface area contributed by atoms with Gasteiger partial charge in [0, 0.05) is 50.7 Å². The summed E-state index contributed by atoms with van der Waals surface area (Å²) in [6, 6.07) is 8.19. The van der Waals surface area contributed by atoms with Crippen molar-refractivity contribution in [3.05, 3.63) is 29.8 Å². The molecular formula is C23H36N4O3. The van der Waals surface area contributed by atoms with E-state index in [2.05, 4.69) is 29.4 Å². The molecule has 30 heavy (non-hydrogen) atoms. The lowest BCUT2D eigenvalue weighted by molar-refractivity contribution is -0.138. The zero-order valence-electron chi connectivity index (χ0n) is 18.5. The third-order valence-corrected chi connectivity index (χ3v) is 6.38. The summed E-state index contributed by atoms with van der Waals surface area (Å²) in [6.45, 7) is 8.50. The maximum absolute atomic E-state index is 12.9. The Morgan fingerprint density at radius 3 is 2.23 bits per heavy atom. The van der Waals surface area contributed by atoms with E-state index in [0.717, 1.165) is 63.2 Å². The molecule has 0 unspecified atom stereocenters. The molecule has 1 aromatic rings. The summed E-state index contributed by atoms with van der Waals surface area (Å²) in [4.78, 5) is 29.6. The van der Waals surface area contributed by atoms with Crippen molar-refractivity contribution in [3.63, 3.8) is 0 Å². The van der Waals surface area contributed by atoms with Gasteiger partial charge in [0.15, 0.2) is 0 Å². The monoisotopic (exact) mass is 416 g/mol. The van der Waals surface area contributed by atoms with Crippen molar-refractivity contribution >= 4 is 11.9 Å². The van der Waals surface area contributed by atoms with Gasteiger partial charge in [-0.25, -0.2) is 4.79 Å². The minimum atomic E-state index is -0.148. The lowest BCUT2D eigenvalue weighted by Crippen LogP contribution is -2.52. The SMILES string of the molecule is COc1ccc(CNC(=O)NC2CCC(C(=O)N3CCN(C(C)C)CC3)CC2)cc1. The van der Waals surface area contributed by atoms with Gasteiger partial charge in [0.05, 0.1) is 7.11 Å². The van der Waals surface area contributed by atoms with Crippen LogP contribution in [0.1, 0.15) is 45.1 Å². The van der Waals surface area contributed by atoms with Crippen LogP contribution in [0.3, 0.4) is 0 Å². The molecule has 1 heterocycles. The van der Waals surface area contributed by atoms with Crippen molar-refractivity contribution in [1.82, 2.24) is 20.4 Å². The van der Waals surface area contributed by atoms with Crippen LogP contribution in [-0.4, -0.2) is 67.1 Å². The molecule has 0 radical (unpaired) electrons. The number of carbonyl (C=O) groups is 2. The zero-order valence-corrected chi connectivity index (χ0v) is 18.5. The van der Waals surface area contributed by atoms with Crippen LogP contribution in [0.5, 0.6) is 5.75 Å². The van der Waals surface area contributed by atoms with Gasteiger partial charge in [-0.15, -0.1) is 0 Å². The molecule has 1 saturated heterocycles. The highest BCUT2D eigenvalue weighted by Gasteiger charge is 2.31. The van der Waals surface area contributed by atoms with E-state index in [1.54, 1.807) is 7.11 Å². The maximum atomic E-state index is 12.9. The van der Waals surface area contributed by atoms with Crippen LogP contribution >= 0.6 is 0 Å². The smallest absolute Gasteiger partial charge is 0.315 e. The molecule has 1 aromatic carbocycles. The van der Waals surface area contributed by atoms with Gasteiger partial charge >= 0.3 is 6.03 Å². The predicted molar refractivity (Wildman–Crippen MR) is 117 cm³/mol. The lowest BCUT2D eigenvalue weighted by atomic mass is 9.85. The Bertz CT molecular complexity index is 691. The molecule has 3 rings (SSSR count). The molecule has 1 aliphatic heterocycles. The molecule has 7 heteroatoms. The van der Waals surface area contributed by atoms with Crippen LogP contribution in [0.2, 0.25) is 0 Å². The second kappa shape index (κ2) is 10.7. The number of carbonyl (C=O) groups excluding carboxylic acids is 2. The summed E-state index contributed by atoms with van der Waals surface area (Å²) in [7, 11) is 1.63. The predicted octanol–water partition coefficient (Wildman–Crippen LogP) is 2.61. The van der Waals surface area contributed by atoms with Crippen LogP contribution in [0, 0.1) is 5.92 Å². The summed E-state index contributed by atoms with van der Waals surface area (Å²) >= 11 is 0. The highest BCUT2D eigenvalue weighted by Crippen LogP contribution is 2.26. The number of benzene rings is 1. The van der Waals surface area contributed by atoms with Crippen molar-refractivity contribution < 1.29 is 14.3 Å². The second-order valence-electron chi connectivity index (χ2n) is 8.68. The van der Waals surface area contributed by atoms with Gasteiger partial charge in [-0.05, 0) is 57.2 Å². The molecule has 0 spiro atoms. The number of rotatable bonds is 6. The van der Waals surface area contributed by atoms with Crippen molar-refractivity contribution in [1.29, 1.82) is 0 Å². The average molecular weight is 417 g/mol. The van der Waals surface area contributed by atoms with E-state index in [9.17, 15) is 9.59 Å². The van der Waals surface area contributed by atoms with E-state index < -0.39 is 0 Å². The van der Waals surface area contributed by atoms with Crippen molar-refractivity contribution in [2.45, 2.75) is 58.2 Å². The Morgan fingerprint density at radius 2 is 1.67 bits per heavy atom. The van der Waals surface area contributed by atoms with Crippen LogP contribution in [-0.2, 0) is 11.3 Å². The van der Waals surface area contributed by atoms with Gasteiger partial charge < -0.3 is 20.3 Å². The zero-order chi connectivity index (χ0) is 21.5. The summed E-state index contributed by atoms with van der Waals surface area (Å²) in [5.41, 5.74) is 1.03. The average Bonchev–Trinajstić information content (AvgIpc) is 2.78. The van der Waals surface area contributed by atoms with Crippen molar-refractivity contribution in [2.75, 3.05) is 33.3 Å². The topological polar surface area (TPSA) is 73.9 Å². The molecule has 2 N–H and O–H groups in total. The molecule has 3 amide bonds. The quantitative estimate of drug-likeness (QED) is 0.748. The number of hydrogen-bond acceptors (Lipinski definition) is 4. The van der Waals surface area contributed by atoms with Gasteiger partial charge in [-0.2, -0.15) is 0 Å². The molecule has 2 fully saturated rings. The van der Waals surface area contributed by atoms with Crippen LogP contribution < -0.4 is 15.4 Å². The lowest BCUT2D eigenvalue weighted by Gasteiger charge is -2.39. The number of nitrogens with zero attached hydrogens (tertiary/aromatic N) is 2. The Kier molecular flexibility index (Phi) is 7.96. The van der Waals surface area contributed by atoms with Crippen LogP contribution in [0.25, 0.3) is 0 Å². The summed E-state index contributed by atoms with van der Waals surface area (Å²) in [5.74, 6) is 1.22. The fourth-order valence-corrected chi connectivity index (χ4v) is 4.36. The Hall–Kier alpha value is -2.28. The first-order chi connectivity index (χ1) is 14.5. The molecule has 2 aliphatic rings. The summed E-state index contributed by atoms with van der Waals surface area (Å²) in [6.07, 6.45) is 3.43. The van der Waals surface area contributed by atoms with E-state index in [4.69, 9.17) is 4.74 Å². The van der Waals surface area contributed by atoms with Gasteiger partial charge in [0.25, 0.3) is 0 Å². The third-order valence-electron chi connectivity index (χ3n) is 6.38. The molecule has 0 aromatic heterocycles. The van der Waals surface area contributed by atoms with Crippen LogP contribution in [0.15, 0.2) is 24.3 Å². The van der Waals surface area contributed by atoms with E-state index in [0.29, 0.717) is 18.5 Å².